The van der Waals surface area contributed by atoms with Gasteiger partial charge in [0.25, 0.3) is 0 Å². The van der Waals surface area contributed by atoms with Crippen molar-refractivity contribution in [2.24, 2.45) is 5.92 Å². The average molecular weight is 322 g/mol. The zero-order valence-corrected chi connectivity index (χ0v) is 14.2. The average Bonchev–Trinajstić information content (AvgIpc) is 2.50. The number of alkyl halides is 1. The highest BCUT2D eigenvalue weighted by Gasteiger charge is 2.18. The first-order valence-corrected chi connectivity index (χ1v) is 7.82. The second-order valence-electron chi connectivity index (χ2n) is 5.32. The number of rotatable bonds is 14. The summed E-state index contributed by atoms with van der Waals surface area (Å²) in [6.45, 7) is 8.34. The lowest BCUT2D eigenvalue weighted by molar-refractivity contribution is -0.124. The van der Waals surface area contributed by atoms with Crippen LogP contribution in [0.4, 0.5) is 4.39 Å². The highest BCUT2D eigenvalue weighted by Crippen LogP contribution is 2.03. The van der Waals surface area contributed by atoms with Crippen molar-refractivity contribution < 1.29 is 23.4 Å². The third kappa shape index (κ3) is 11.9. The van der Waals surface area contributed by atoms with Gasteiger partial charge in [-0.2, -0.15) is 0 Å². The van der Waals surface area contributed by atoms with Crippen LogP contribution in [0.3, 0.4) is 0 Å². The maximum Gasteiger partial charge on any atom is 0.222 e. The second-order valence-corrected chi connectivity index (χ2v) is 5.32. The van der Waals surface area contributed by atoms with Crippen LogP contribution in [0.1, 0.15) is 20.8 Å². The molecule has 0 fully saturated rings. The summed E-state index contributed by atoms with van der Waals surface area (Å²) in [6.07, 6.45) is -1.81. The van der Waals surface area contributed by atoms with Crippen LogP contribution in [-0.2, 0) is 19.0 Å². The van der Waals surface area contributed by atoms with Crippen LogP contribution < -0.4 is 10.6 Å². The van der Waals surface area contributed by atoms with Gasteiger partial charge in [-0.05, 0) is 14.0 Å². The van der Waals surface area contributed by atoms with Gasteiger partial charge in [-0.1, -0.05) is 13.8 Å². The molecular formula is C15H31FN2O4. The van der Waals surface area contributed by atoms with Crippen LogP contribution in [-0.4, -0.2) is 71.4 Å². The minimum atomic E-state index is -1.23. The molecule has 0 aromatic rings. The Kier molecular flexibility index (Phi) is 13.4. The molecule has 2 N–H and O–H groups in total. The molecule has 2 atom stereocenters. The Bertz CT molecular complexity index is 280. The molecule has 0 aromatic carbocycles. The molecule has 132 valence electrons. The number of halogens is 1. The molecule has 6 nitrogen and oxygen atoms in total. The third-order valence-corrected chi connectivity index (χ3v) is 2.98. The highest BCUT2D eigenvalue weighted by molar-refractivity contribution is 5.77. The van der Waals surface area contributed by atoms with Crippen LogP contribution in [0.5, 0.6) is 0 Å². The topological polar surface area (TPSA) is 68.8 Å². The van der Waals surface area contributed by atoms with E-state index in [9.17, 15) is 9.18 Å². The van der Waals surface area contributed by atoms with E-state index in [4.69, 9.17) is 14.2 Å². The number of carbonyl (C=O) groups is 1. The monoisotopic (exact) mass is 322 g/mol. The predicted octanol–water partition coefficient (Wildman–Crippen LogP) is 0.754. The summed E-state index contributed by atoms with van der Waals surface area (Å²) in [5.41, 5.74) is 0. The fraction of sp³-hybridized carbons (Fsp3) is 0.933. The van der Waals surface area contributed by atoms with Gasteiger partial charge >= 0.3 is 0 Å². The van der Waals surface area contributed by atoms with Crippen molar-refractivity contribution in [3.63, 3.8) is 0 Å². The first-order valence-electron chi connectivity index (χ1n) is 7.82. The predicted molar refractivity (Wildman–Crippen MR) is 83.7 cm³/mol. The molecule has 0 bridgehead atoms. The maximum absolute atomic E-state index is 13.8. The first-order chi connectivity index (χ1) is 10.5. The van der Waals surface area contributed by atoms with Crippen LogP contribution in [0.25, 0.3) is 0 Å². The quantitative estimate of drug-likeness (QED) is 0.462. The van der Waals surface area contributed by atoms with Gasteiger partial charge in [0.1, 0.15) is 6.17 Å². The van der Waals surface area contributed by atoms with E-state index in [1.165, 1.54) is 0 Å². The molecule has 0 saturated heterocycles. The van der Waals surface area contributed by atoms with Crippen molar-refractivity contribution in [3.8, 4) is 0 Å². The van der Waals surface area contributed by atoms with Crippen molar-refractivity contribution >= 4 is 5.91 Å². The molecule has 0 heterocycles. The Balaban J connectivity index is 3.48. The fourth-order valence-corrected chi connectivity index (χ4v) is 1.46. The second kappa shape index (κ2) is 13.9. The Labute approximate surface area is 133 Å². The summed E-state index contributed by atoms with van der Waals surface area (Å²) in [7, 11) is 1.87. The van der Waals surface area contributed by atoms with Crippen LogP contribution >= 0.6 is 0 Å². The van der Waals surface area contributed by atoms with E-state index in [2.05, 4.69) is 10.6 Å². The molecule has 7 heteroatoms. The van der Waals surface area contributed by atoms with Crippen LogP contribution in [0.2, 0.25) is 0 Å². The SMILES string of the molecule is CNCCOCCOCCOC(C)C(F)CNC(=O)C(C)C. The van der Waals surface area contributed by atoms with Gasteiger partial charge in [0.15, 0.2) is 0 Å². The van der Waals surface area contributed by atoms with Gasteiger partial charge in [-0.25, -0.2) is 4.39 Å². The molecule has 0 spiro atoms. The molecule has 0 aliphatic carbocycles. The van der Waals surface area contributed by atoms with Crippen LogP contribution in [0.15, 0.2) is 0 Å². The number of hydrogen-bond donors (Lipinski definition) is 2. The summed E-state index contributed by atoms with van der Waals surface area (Å²) in [4.78, 5) is 11.3. The lowest BCUT2D eigenvalue weighted by Gasteiger charge is -2.18. The lowest BCUT2D eigenvalue weighted by Crippen LogP contribution is -2.38. The Morgan fingerprint density at radius 3 is 2.23 bits per heavy atom. The number of nitrogens with one attached hydrogen (secondary N) is 2. The largest absolute Gasteiger partial charge is 0.378 e. The minimum absolute atomic E-state index is 0.0294. The zero-order chi connectivity index (χ0) is 16.8. The van der Waals surface area contributed by atoms with E-state index < -0.39 is 12.3 Å². The van der Waals surface area contributed by atoms with Gasteiger partial charge in [0.05, 0.1) is 45.7 Å². The van der Waals surface area contributed by atoms with Crippen molar-refractivity contribution in [1.82, 2.24) is 10.6 Å². The lowest BCUT2D eigenvalue weighted by atomic mass is 10.2. The Morgan fingerprint density at radius 2 is 1.64 bits per heavy atom. The van der Waals surface area contributed by atoms with E-state index in [0.717, 1.165) is 6.54 Å². The smallest absolute Gasteiger partial charge is 0.222 e. The number of amides is 1. The Morgan fingerprint density at radius 1 is 1.05 bits per heavy atom. The van der Waals surface area contributed by atoms with Gasteiger partial charge in [0, 0.05) is 12.5 Å². The van der Waals surface area contributed by atoms with Crippen molar-refractivity contribution in [2.75, 3.05) is 53.2 Å². The normalized spacial score (nSPS) is 14.1. The van der Waals surface area contributed by atoms with Gasteiger partial charge in [-0.15, -0.1) is 0 Å². The molecule has 22 heavy (non-hydrogen) atoms. The number of carbonyl (C=O) groups excluding carboxylic acids is 1. The Hall–Kier alpha value is -0.760. The van der Waals surface area contributed by atoms with Crippen LogP contribution in [0, 0.1) is 5.92 Å². The third-order valence-electron chi connectivity index (χ3n) is 2.98. The van der Waals surface area contributed by atoms with Crippen molar-refractivity contribution in [1.29, 1.82) is 0 Å². The summed E-state index contributed by atoms with van der Waals surface area (Å²) >= 11 is 0. The molecule has 0 saturated carbocycles. The van der Waals surface area contributed by atoms with E-state index >= 15 is 0 Å². The van der Waals surface area contributed by atoms with Gasteiger partial charge in [-0.3, -0.25) is 4.79 Å². The van der Waals surface area contributed by atoms with Crippen molar-refractivity contribution in [2.45, 2.75) is 33.0 Å². The molecule has 0 aliphatic heterocycles. The first kappa shape index (κ1) is 21.2. The highest BCUT2D eigenvalue weighted by atomic mass is 19.1. The fourth-order valence-electron chi connectivity index (χ4n) is 1.46. The van der Waals surface area contributed by atoms with E-state index in [1.54, 1.807) is 20.8 Å². The summed E-state index contributed by atoms with van der Waals surface area (Å²) in [5, 5.41) is 5.53. The molecular weight excluding hydrogens is 291 g/mol. The van der Waals surface area contributed by atoms with Gasteiger partial charge in [0.2, 0.25) is 5.91 Å². The molecule has 1 amide bonds. The molecule has 0 radical (unpaired) electrons. The molecule has 0 aromatic heterocycles. The number of hydrogen-bond acceptors (Lipinski definition) is 5. The number of likely N-dealkylation sites (N-methyl/N-ethyl adjacent to an activating group) is 1. The van der Waals surface area contributed by atoms with E-state index in [-0.39, 0.29) is 18.4 Å². The zero-order valence-electron chi connectivity index (χ0n) is 14.2. The molecule has 0 aliphatic rings. The minimum Gasteiger partial charge on any atom is -0.378 e. The maximum atomic E-state index is 13.8. The summed E-state index contributed by atoms with van der Waals surface area (Å²) in [5.74, 6) is -0.302. The number of ether oxygens (including phenoxy) is 3. The summed E-state index contributed by atoms with van der Waals surface area (Å²) in [6, 6.07) is 0. The van der Waals surface area contributed by atoms with Gasteiger partial charge < -0.3 is 24.8 Å². The summed E-state index contributed by atoms with van der Waals surface area (Å²) < 4.78 is 29.7. The van der Waals surface area contributed by atoms with E-state index in [0.29, 0.717) is 33.0 Å². The standard InChI is InChI=1S/C15H31FN2O4/c1-12(2)15(19)18-11-14(16)13(3)22-10-9-21-8-7-20-6-5-17-4/h12-14,17H,5-11H2,1-4H3,(H,18,19). The molecule has 2 unspecified atom stereocenters. The van der Waals surface area contributed by atoms with E-state index in [1.807, 2.05) is 7.05 Å². The molecule has 0 rings (SSSR count). The van der Waals surface area contributed by atoms with Crippen molar-refractivity contribution in [3.05, 3.63) is 0 Å².